The molecular weight excluding hydrogens is 334 g/mol. The molecule has 0 amide bonds. The van der Waals surface area contributed by atoms with Crippen molar-refractivity contribution in [2.24, 2.45) is 0 Å². The lowest BCUT2D eigenvalue weighted by molar-refractivity contribution is 0.306. The zero-order chi connectivity index (χ0) is 17.4. The molecule has 1 aromatic heterocycles. The fraction of sp³-hybridized carbons (Fsp3) is 0.100. The van der Waals surface area contributed by atoms with E-state index in [1.807, 2.05) is 54.6 Å². The van der Waals surface area contributed by atoms with Crippen molar-refractivity contribution < 1.29 is 13.2 Å². The van der Waals surface area contributed by atoms with Crippen LogP contribution in [-0.4, -0.2) is 19.7 Å². The summed E-state index contributed by atoms with van der Waals surface area (Å²) in [6.45, 7) is 0.505. The van der Waals surface area contributed by atoms with Gasteiger partial charge >= 0.3 is 0 Å². The van der Waals surface area contributed by atoms with Crippen molar-refractivity contribution in [3.05, 3.63) is 72.3 Å². The van der Waals surface area contributed by atoms with Crippen LogP contribution in [0.15, 0.2) is 71.6 Å². The molecule has 0 saturated heterocycles. The van der Waals surface area contributed by atoms with Gasteiger partial charge in [-0.1, -0.05) is 36.4 Å². The van der Waals surface area contributed by atoms with Gasteiger partial charge in [0.2, 0.25) is 0 Å². The summed E-state index contributed by atoms with van der Waals surface area (Å²) in [6, 6.07) is 21.0. The predicted molar refractivity (Wildman–Crippen MR) is 99.7 cm³/mol. The topological polar surface area (TPSA) is 59.2 Å². The standard InChI is InChI=1S/C20H17NO3S/c1-25(22,23)16-8-10-18-17-9-7-15(11-19(17)21-20(18)12-16)24-13-14-5-3-2-4-6-14/h2-12,21H,13H2,1H3. The third-order valence-corrected chi connectivity index (χ3v) is 5.33. The van der Waals surface area contributed by atoms with Crippen LogP contribution in [0.4, 0.5) is 0 Å². The van der Waals surface area contributed by atoms with Gasteiger partial charge in [-0.2, -0.15) is 0 Å². The van der Waals surface area contributed by atoms with Gasteiger partial charge in [-0.05, 0) is 29.8 Å². The summed E-state index contributed by atoms with van der Waals surface area (Å²) < 4.78 is 29.3. The Morgan fingerprint density at radius 2 is 1.56 bits per heavy atom. The van der Waals surface area contributed by atoms with Crippen molar-refractivity contribution in [2.45, 2.75) is 11.5 Å². The summed E-state index contributed by atoms with van der Waals surface area (Å²) in [5.41, 5.74) is 2.83. The minimum atomic E-state index is -3.22. The molecule has 4 aromatic rings. The second-order valence-electron chi connectivity index (χ2n) is 6.09. The number of ether oxygens (including phenoxy) is 1. The summed E-state index contributed by atoms with van der Waals surface area (Å²) in [5, 5.41) is 2.04. The highest BCUT2D eigenvalue weighted by atomic mass is 32.2. The van der Waals surface area contributed by atoms with E-state index < -0.39 is 9.84 Å². The number of rotatable bonds is 4. The monoisotopic (exact) mass is 351 g/mol. The molecule has 4 rings (SSSR count). The normalized spacial score (nSPS) is 11.9. The van der Waals surface area contributed by atoms with Crippen molar-refractivity contribution >= 4 is 31.6 Å². The molecule has 0 aliphatic rings. The minimum Gasteiger partial charge on any atom is -0.489 e. The summed E-state index contributed by atoms with van der Waals surface area (Å²) in [6.07, 6.45) is 1.21. The number of hydrogen-bond acceptors (Lipinski definition) is 3. The van der Waals surface area contributed by atoms with Gasteiger partial charge in [-0.3, -0.25) is 0 Å². The van der Waals surface area contributed by atoms with E-state index in [2.05, 4.69) is 4.98 Å². The van der Waals surface area contributed by atoms with Crippen LogP contribution in [0, 0.1) is 0 Å². The molecule has 126 valence electrons. The van der Waals surface area contributed by atoms with Crippen LogP contribution in [0.3, 0.4) is 0 Å². The number of sulfone groups is 1. The lowest BCUT2D eigenvalue weighted by Crippen LogP contribution is -1.95. The lowest BCUT2D eigenvalue weighted by Gasteiger charge is -2.06. The molecule has 0 aliphatic heterocycles. The highest BCUT2D eigenvalue weighted by Gasteiger charge is 2.11. The predicted octanol–water partition coefficient (Wildman–Crippen LogP) is 4.30. The first-order valence-electron chi connectivity index (χ1n) is 7.93. The average Bonchev–Trinajstić information content (AvgIpc) is 2.97. The summed E-state index contributed by atoms with van der Waals surface area (Å²) in [5.74, 6) is 0.770. The summed E-state index contributed by atoms with van der Waals surface area (Å²) in [4.78, 5) is 3.60. The van der Waals surface area contributed by atoms with E-state index in [0.29, 0.717) is 11.5 Å². The fourth-order valence-corrected chi connectivity index (χ4v) is 3.58. The van der Waals surface area contributed by atoms with Gasteiger partial charge in [0.15, 0.2) is 9.84 Å². The van der Waals surface area contributed by atoms with E-state index in [1.165, 1.54) is 6.26 Å². The first-order chi connectivity index (χ1) is 12.0. The quantitative estimate of drug-likeness (QED) is 0.596. The smallest absolute Gasteiger partial charge is 0.175 e. The molecule has 4 nitrogen and oxygen atoms in total. The largest absolute Gasteiger partial charge is 0.489 e. The van der Waals surface area contributed by atoms with E-state index in [9.17, 15) is 8.42 Å². The molecule has 0 fully saturated rings. The SMILES string of the molecule is CS(=O)(=O)c1ccc2c(c1)[nH]c1cc(OCc3ccccc3)ccc12. The maximum absolute atomic E-state index is 11.7. The van der Waals surface area contributed by atoms with E-state index in [1.54, 1.807) is 12.1 Å². The molecule has 0 radical (unpaired) electrons. The van der Waals surface area contributed by atoms with E-state index in [-0.39, 0.29) is 0 Å². The molecule has 0 atom stereocenters. The Bertz CT molecular complexity index is 1160. The van der Waals surface area contributed by atoms with Crippen LogP contribution in [0.2, 0.25) is 0 Å². The van der Waals surface area contributed by atoms with Crippen LogP contribution in [-0.2, 0) is 16.4 Å². The molecule has 1 N–H and O–H groups in total. The second kappa shape index (κ2) is 5.93. The average molecular weight is 351 g/mol. The van der Waals surface area contributed by atoms with Gasteiger partial charge in [0, 0.05) is 28.6 Å². The number of aromatic nitrogens is 1. The van der Waals surface area contributed by atoms with Gasteiger partial charge < -0.3 is 9.72 Å². The lowest BCUT2D eigenvalue weighted by atomic mass is 10.1. The molecule has 0 spiro atoms. The first kappa shape index (κ1) is 15.7. The van der Waals surface area contributed by atoms with Gasteiger partial charge in [0.05, 0.1) is 10.4 Å². The van der Waals surface area contributed by atoms with Gasteiger partial charge in [-0.25, -0.2) is 8.42 Å². The molecule has 25 heavy (non-hydrogen) atoms. The maximum Gasteiger partial charge on any atom is 0.175 e. The Morgan fingerprint density at radius 3 is 2.28 bits per heavy atom. The number of benzene rings is 3. The maximum atomic E-state index is 11.7. The van der Waals surface area contributed by atoms with E-state index >= 15 is 0 Å². The summed E-state index contributed by atoms with van der Waals surface area (Å²) in [7, 11) is -3.22. The third-order valence-electron chi connectivity index (χ3n) is 4.22. The van der Waals surface area contributed by atoms with Crippen molar-refractivity contribution in [1.29, 1.82) is 0 Å². The Labute approximate surface area is 146 Å². The molecule has 5 heteroatoms. The van der Waals surface area contributed by atoms with Crippen LogP contribution in [0.25, 0.3) is 21.8 Å². The summed E-state index contributed by atoms with van der Waals surface area (Å²) >= 11 is 0. The highest BCUT2D eigenvalue weighted by molar-refractivity contribution is 7.90. The molecule has 1 heterocycles. The second-order valence-corrected chi connectivity index (χ2v) is 8.10. The van der Waals surface area contributed by atoms with Crippen LogP contribution >= 0.6 is 0 Å². The minimum absolute atomic E-state index is 0.312. The fourth-order valence-electron chi connectivity index (χ4n) is 2.93. The zero-order valence-electron chi connectivity index (χ0n) is 13.7. The van der Waals surface area contributed by atoms with Crippen molar-refractivity contribution in [3.8, 4) is 5.75 Å². The molecule has 0 bridgehead atoms. The Hall–Kier alpha value is -2.79. The van der Waals surface area contributed by atoms with Crippen LogP contribution in [0.5, 0.6) is 5.75 Å². The van der Waals surface area contributed by atoms with Crippen LogP contribution < -0.4 is 4.74 Å². The Morgan fingerprint density at radius 1 is 0.880 bits per heavy atom. The van der Waals surface area contributed by atoms with Gasteiger partial charge in [0.25, 0.3) is 0 Å². The third kappa shape index (κ3) is 3.10. The Kier molecular flexibility index (Phi) is 3.73. The van der Waals surface area contributed by atoms with Gasteiger partial charge in [0.1, 0.15) is 12.4 Å². The molecule has 0 unspecified atom stereocenters. The van der Waals surface area contributed by atoms with E-state index in [0.717, 1.165) is 33.1 Å². The molecule has 3 aromatic carbocycles. The number of hydrogen-bond donors (Lipinski definition) is 1. The highest BCUT2D eigenvalue weighted by Crippen LogP contribution is 2.30. The zero-order valence-corrected chi connectivity index (χ0v) is 14.5. The molecule has 0 saturated carbocycles. The number of fused-ring (bicyclic) bond motifs is 3. The van der Waals surface area contributed by atoms with Crippen molar-refractivity contribution in [1.82, 2.24) is 4.98 Å². The number of nitrogens with one attached hydrogen (secondary N) is 1. The number of aromatic amines is 1. The van der Waals surface area contributed by atoms with Gasteiger partial charge in [-0.15, -0.1) is 0 Å². The molecular formula is C20H17NO3S. The molecule has 0 aliphatic carbocycles. The van der Waals surface area contributed by atoms with E-state index in [4.69, 9.17) is 4.74 Å². The van der Waals surface area contributed by atoms with Crippen LogP contribution in [0.1, 0.15) is 5.56 Å². The Balaban J connectivity index is 1.69. The first-order valence-corrected chi connectivity index (χ1v) is 9.82. The van der Waals surface area contributed by atoms with Crippen molar-refractivity contribution in [2.75, 3.05) is 6.26 Å². The van der Waals surface area contributed by atoms with Crippen molar-refractivity contribution in [3.63, 3.8) is 0 Å². The number of H-pyrrole nitrogens is 1.